The van der Waals surface area contributed by atoms with Gasteiger partial charge in [-0.3, -0.25) is 4.79 Å². The molecule has 0 aromatic heterocycles. The summed E-state index contributed by atoms with van der Waals surface area (Å²) in [5.74, 6) is -0.398. The first kappa shape index (κ1) is 20.8. The standard InChI is InChI=1S/C24H32N2O5/c1-11-5-6-17-22(2,3)19(27)16(25)9-24(17)23(11,4)8-14-13(21(29)30)7-12-15(18(14)31-24)10-26-20(12)28/h7,11,16-17,19,27H,5-6,8-10,25H2,1-4H3,(H,26,28)(H,29,30)/t11-,16-,17-,19+,23?,24-/m0/s1. The first-order chi connectivity index (χ1) is 14.4. The zero-order chi connectivity index (χ0) is 22.5. The summed E-state index contributed by atoms with van der Waals surface area (Å²) in [5, 5.41) is 23.7. The van der Waals surface area contributed by atoms with Gasteiger partial charge >= 0.3 is 5.97 Å². The van der Waals surface area contributed by atoms with E-state index in [9.17, 15) is 19.8 Å². The largest absolute Gasteiger partial charge is 0.486 e. The summed E-state index contributed by atoms with van der Waals surface area (Å²) in [6, 6.07) is 1.07. The van der Waals surface area contributed by atoms with Crippen molar-refractivity contribution < 1.29 is 24.5 Å². The van der Waals surface area contributed by atoms with E-state index in [0.29, 0.717) is 42.2 Å². The van der Waals surface area contributed by atoms with Crippen LogP contribution in [0.5, 0.6) is 5.75 Å². The molecule has 7 nitrogen and oxygen atoms in total. The van der Waals surface area contributed by atoms with Gasteiger partial charge in [0.15, 0.2) is 0 Å². The molecule has 5 N–H and O–H groups in total. The monoisotopic (exact) mass is 428 g/mol. The van der Waals surface area contributed by atoms with Crippen LogP contribution in [-0.4, -0.2) is 39.8 Å². The molecule has 168 valence electrons. The number of hydrogen-bond donors (Lipinski definition) is 4. The molecule has 0 radical (unpaired) electrons. The molecule has 7 heteroatoms. The maximum atomic E-state index is 12.4. The van der Waals surface area contributed by atoms with Gasteiger partial charge in [0.25, 0.3) is 5.91 Å². The Kier molecular flexibility index (Phi) is 4.17. The molecule has 31 heavy (non-hydrogen) atoms. The fraction of sp³-hybridized carbons (Fsp3) is 0.667. The summed E-state index contributed by atoms with van der Waals surface area (Å²) >= 11 is 0. The molecular formula is C24H32N2O5. The van der Waals surface area contributed by atoms with E-state index in [1.807, 2.05) is 0 Å². The van der Waals surface area contributed by atoms with Crippen LogP contribution >= 0.6 is 0 Å². The Labute approximate surface area is 182 Å². The van der Waals surface area contributed by atoms with Crippen molar-refractivity contribution in [3.05, 3.63) is 28.3 Å². The summed E-state index contributed by atoms with van der Waals surface area (Å²) < 4.78 is 6.99. The summed E-state index contributed by atoms with van der Waals surface area (Å²) in [7, 11) is 0. The molecule has 2 aliphatic heterocycles. The number of ether oxygens (including phenoxy) is 1. The third-order valence-electron chi connectivity index (χ3n) is 9.33. The van der Waals surface area contributed by atoms with E-state index < -0.39 is 29.1 Å². The minimum Gasteiger partial charge on any atom is -0.486 e. The Morgan fingerprint density at radius 1 is 1.26 bits per heavy atom. The van der Waals surface area contributed by atoms with E-state index in [0.717, 1.165) is 18.4 Å². The maximum Gasteiger partial charge on any atom is 0.336 e. The van der Waals surface area contributed by atoms with Gasteiger partial charge in [0.2, 0.25) is 0 Å². The molecule has 1 amide bonds. The SMILES string of the molecule is C[C@H]1CC[C@H]2C(C)(C)[C@H](O)[C@@H](N)C[C@]23Oc2c(c(C(=O)O)cc4c2CNC4=O)CC13C. The van der Waals surface area contributed by atoms with Gasteiger partial charge in [-0.2, -0.15) is 0 Å². The number of benzene rings is 1. The average Bonchev–Trinajstić information content (AvgIpc) is 3.06. The second-order valence-electron chi connectivity index (χ2n) is 11.0. The normalized spacial score (nSPS) is 40.0. The lowest BCUT2D eigenvalue weighted by Gasteiger charge is -2.68. The number of carboxylic acid groups (broad SMARTS) is 1. The number of amides is 1. The number of aliphatic hydroxyl groups is 1. The van der Waals surface area contributed by atoms with Crippen molar-refractivity contribution in [2.45, 2.75) is 77.7 Å². The van der Waals surface area contributed by atoms with Crippen LogP contribution in [0.4, 0.5) is 0 Å². The van der Waals surface area contributed by atoms with Crippen LogP contribution in [0.3, 0.4) is 0 Å². The third-order valence-corrected chi connectivity index (χ3v) is 9.33. The van der Waals surface area contributed by atoms with E-state index in [2.05, 4.69) is 33.0 Å². The molecule has 6 atom stereocenters. The molecule has 1 unspecified atom stereocenters. The molecular weight excluding hydrogens is 396 g/mol. The first-order valence-electron chi connectivity index (χ1n) is 11.3. The smallest absolute Gasteiger partial charge is 0.336 e. The predicted molar refractivity (Wildman–Crippen MR) is 114 cm³/mol. The van der Waals surface area contributed by atoms with E-state index >= 15 is 0 Å². The number of nitrogens with two attached hydrogens (primary N) is 1. The lowest BCUT2D eigenvalue weighted by molar-refractivity contribution is -0.238. The fourth-order valence-corrected chi connectivity index (χ4v) is 7.33. The van der Waals surface area contributed by atoms with Crippen LogP contribution in [0.1, 0.15) is 78.8 Å². The Morgan fingerprint density at radius 2 is 1.97 bits per heavy atom. The number of hydrogen-bond acceptors (Lipinski definition) is 5. The molecule has 1 aromatic rings. The predicted octanol–water partition coefficient (Wildman–Crippen LogP) is 2.47. The summed E-state index contributed by atoms with van der Waals surface area (Å²) in [4.78, 5) is 24.6. The number of carbonyl (C=O) groups is 2. The highest BCUT2D eigenvalue weighted by molar-refractivity contribution is 6.03. The van der Waals surface area contributed by atoms with Gasteiger partial charge in [0.05, 0.1) is 11.7 Å². The average molecular weight is 429 g/mol. The molecule has 2 aliphatic carbocycles. The van der Waals surface area contributed by atoms with Crippen molar-refractivity contribution in [2.24, 2.45) is 28.4 Å². The molecule has 1 aromatic carbocycles. The van der Waals surface area contributed by atoms with Crippen molar-refractivity contribution >= 4 is 11.9 Å². The molecule has 2 heterocycles. The number of rotatable bonds is 1. The zero-order valence-corrected chi connectivity index (χ0v) is 18.6. The minimum atomic E-state index is -1.04. The highest BCUT2D eigenvalue weighted by atomic mass is 16.5. The van der Waals surface area contributed by atoms with E-state index in [1.54, 1.807) is 0 Å². The van der Waals surface area contributed by atoms with Crippen LogP contribution in [0.2, 0.25) is 0 Å². The van der Waals surface area contributed by atoms with Crippen molar-refractivity contribution in [3.8, 4) is 5.75 Å². The number of fused-ring (bicyclic) bond motifs is 3. The van der Waals surface area contributed by atoms with Gasteiger partial charge in [0.1, 0.15) is 11.4 Å². The summed E-state index contributed by atoms with van der Waals surface area (Å²) in [6.45, 7) is 8.90. The Balaban J connectivity index is 1.78. The highest BCUT2D eigenvalue weighted by Gasteiger charge is 2.69. The van der Waals surface area contributed by atoms with Crippen molar-refractivity contribution in [1.29, 1.82) is 0 Å². The van der Waals surface area contributed by atoms with E-state index in [1.165, 1.54) is 6.07 Å². The number of aliphatic hydroxyl groups excluding tert-OH is 1. The Morgan fingerprint density at radius 3 is 2.65 bits per heavy atom. The van der Waals surface area contributed by atoms with Gasteiger partial charge in [-0.05, 0) is 36.7 Å². The topological polar surface area (TPSA) is 122 Å². The molecule has 0 saturated heterocycles. The van der Waals surface area contributed by atoms with Gasteiger partial charge in [-0.15, -0.1) is 0 Å². The number of carbonyl (C=O) groups excluding carboxylic acids is 1. The number of carboxylic acids is 1. The van der Waals surface area contributed by atoms with Crippen molar-refractivity contribution in [1.82, 2.24) is 5.32 Å². The molecule has 4 aliphatic rings. The second kappa shape index (κ2) is 6.23. The molecule has 0 bridgehead atoms. The number of nitrogens with one attached hydrogen (secondary N) is 1. The maximum absolute atomic E-state index is 12.4. The second-order valence-corrected chi connectivity index (χ2v) is 11.0. The lowest BCUT2D eigenvalue weighted by atomic mass is 9.43. The Hall–Kier alpha value is -2.12. The number of aromatic carboxylic acids is 1. The van der Waals surface area contributed by atoms with Crippen LogP contribution in [0.25, 0.3) is 0 Å². The quantitative estimate of drug-likeness (QED) is 0.545. The van der Waals surface area contributed by atoms with Crippen molar-refractivity contribution in [3.63, 3.8) is 0 Å². The lowest BCUT2D eigenvalue weighted by Crippen LogP contribution is -2.74. The first-order valence-corrected chi connectivity index (χ1v) is 11.3. The van der Waals surface area contributed by atoms with Gasteiger partial charge in [-0.25, -0.2) is 4.79 Å². The van der Waals surface area contributed by atoms with E-state index in [-0.39, 0.29) is 22.8 Å². The summed E-state index contributed by atoms with van der Waals surface area (Å²) in [5.41, 5.74) is 7.06. The van der Waals surface area contributed by atoms with Gasteiger partial charge < -0.3 is 26.0 Å². The highest BCUT2D eigenvalue weighted by Crippen LogP contribution is 2.66. The van der Waals surface area contributed by atoms with Crippen LogP contribution in [0, 0.1) is 22.7 Å². The van der Waals surface area contributed by atoms with Gasteiger partial charge in [-0.1, -0.05) is 27.7 Å². The van der Waals surface area contributed by atoms with Crippen LogP contribution in [0.15, 0.2) is 6.07 Å². The van der Waals surface area contributed by atoms with Crippen LogP contribution < -0.4 is 15.8 Å². The summed E-state index contributed by atoms with van der Waals surface area (Å²) in [6.07, 6.45) is 2.34. The molecule has 1 spiro atoms. The molecule has 5 rings (SSSR count). The third kappa shape index (κ3) is 2.42. The van der Waals surface area contributed by atoms with E-state index in [4.69, 9.17) is 10.5 Å². The van der Waals surface area contributed by atoms with Crippen LogP contribution in [-0.2, 0) is 13.0 Å². The minimum absolute atomic E-state index is 0.0679. The van der Waals surface area contributed by atoms with Crippen molar-refractivity contribution in [2.75, 3.05) is 0 Å². The molecule has 2 fully saturated rings. The Bertz CT molecular complexity index is 1000. The van der Waals surface area contributed by atoms with Gasteiger partial charge in [0, 0.05) is 47.0 Å². The fourth-order valence-electron chi connectivity index (χ4n) is 7.33. The zero-order valence-electron chi connectivity index (χ0n) is 18.6. The molecule has 2 saturated carbocycles.